The Hall–Kier alpha value is -1.95. The molecule has 0 aliphatic carbocycles. The van der Waals surface area contributed by atoms with Crippen molar-refractivity contribution in [2.45, 2.75) is 19.0 Å². The molecule has 0 radical (unpaired) electrons. The number of aromatic nitrogens is 1. The van der Waals surface area contributed by atoms with E-state index in [1.54, 1.807) is 6.20 Å². The van der Waals surface area contributed by atoms with Crippen molar-refractivity contribution in [2.24, 2.45) is 0 Å². The topological polar surface area (TPSA) is 48.5 Å². The number of likely N-dealkylation sites (N-methyl/N-ethyl adjacent to an activating group) is 1. The average molecular weight is 373 g/mol. The summed E-state index contributed by atoms with van der Waals surface area (Å²) in [4.78, 5) is 21.2. The second kappa shape index (κ2) is 8.62. The van der Waals surface area contributed by atoms with Gasteiger partial charge in [-0.25, -0.2) is 0 Å². The summed E-state index contributed by atoms with van der Waals surface area (Å²) in [6.45, 7) is 5.00. The summed E-state index contributed by atoms with van der Waals surface area (Å²) in [6.07, 6.45) is 3.66. The number of carbonyl (C=O) groups is 1. The summed E-state index contributed by atoms with van der Waals surface area (Å²) in [6, 6.07) is 11.8. The van der Waals surface area contributed by atoms with E-state index in [-0.39, 0.29) is 18.0 Å². The average Bonchev–Trinajstić information content (AvgIpc) is 2.68. The lowest BCUT2D eigenvalue weighted by Crippen LogP contribution is -2.50. The molecule has 2 unspecified atom stereocenters. The monoisotopic (exact) mass is 372 g/mol. The molecule has 1 aromatic carbocycles. The molecular formula is C20H25ClN4O. The van der Waals surface area contributed by atoms with Crippen molar-refractivity contribution in [1.82, 2.24) is 20.1 Å². The van der Waals surface area contributed by atoms with Crippen LogP contribution in [-0.2, 0) is 4.79 Å². The number of piperazine rings is 1. The standard InChI is InChI=1S/C20H25ClN4O/c1-15(16-5-7-18(21)8-6-16)24(2)20(26)14-25-11-10-23-13-19(25)17-4-3-9-22-12-17/h3-9,12,15,19,23H,10-11,13-14H2,1-2H3. The highest BCUT2D eigenvalue weighted by Gasteiger charge is 2.27. The normalized spacial score (nSPS) is 19.1. The van der Waals surface area contributed by atoms with Crippen molar-refractivity contribution in [3.63, 3.8) is 0 Å². The molecule has 1 aliphatic rings. The van der Waals surface area contributed by atoms with E-state index in [0.29, 0.717) is 11.6 Å². The van der Waals surface area contributed by atoms with Crippen LogP contribution < -0.4 is 5.32 Å². The molecule has 1 amide bonds. The van der Waals surface area contributed by atoms with Gasteiger partial charge >= 0.3 is 0 Å². The highest BCUT2D eigenvalue weighted by atomic mass is 35.5. The van der Waals surface area contributed by atoms with Crippen LogP contribution >= 0.6 is 11.6 Å². The zero-order chi connectivity index (χ0) is 18.5. The zero-order valence-corrected chi connectivity index (χ0v) is 16.0. The van der Waals surface area contributed by atoms with Crippen LogP contribution in [0.15, 0.2) is 48.8 Å². The molecule has 26 heavy (non-hydrogen) atoms. The van der Waals surface area contributed by atoms with Crippen LogP contribution in [0.3, 0.4) is 0 Å². The Labute approximate surface area is 160 Å². The van der Waals surface area contributed by atoms with E-state index in [1.807, 2.05) is 55.4 Å². The number of nitrogens with zero attached hydrogens (tertiary/aromatic N) is 3. The number of pyridine rings is 1. The number of amides is 1. The number of hydrogen-bond donors (Lipinski definition) is 1. The smallest absolute Gasteiger partial charge is 0.237 e. The molecule has 5 nitrogen and oxygen atoms in total. The van der Waals surface area contributed by atoms with Gasteiger partial charge in [0.05, 0.1) is 12.6 Å². The lowest BCUT2D eigenvalue weighted by Gasteiger charge is -2.37. The maximum Gasteiger partial charge on any atom is 0.237 e. The number of nitrogens with one attached hydrogen (secondary N) is 1. The summed E-state index contributed by atoms with van der Waals surface area (Å²) in [5, 5.41) is 4.12. The number of hydrogen-bond acceptors (Lipinski definition) is 4. The first-order chi connectivity index (χ1) is 12.6. The van der Waals surface area contributed by atoms with Gasteiger partial charge in [-0.1, -0.05) is 29.8 Å². The van der Waals surface area contributed by atoms with E-state index in [9.17, 15) is 4.79 Å². The number of halogens is 1. The Kier molecular flexibility index (Phi) is 6.25. The van der Waals surface area contributed by atoms with Crippen LogP contribution in [0.5, 0.6) is 0 Å². The minimum Gasteiger partial charge on any atom is -0.338 e. The molecule has 0 spiro atoms. The molecule has 0 saturated carbocycles. The zero-order valence-electron chi connectivity index (χ0n) is 15.2. The molecule has 1 saturated heterocycles. The van der Waals surface area contributed by atoms with E-state index >= 15 is 0 Å². The SMILES string of the molecule is CC(c1ccc(Cl)cc1)N(C)C(=O)CN1CCNCC1c1cccnc1. The van der Waals surface area contributed by atoms with Gasteiger partial charge in [0.25, 0.3) is 0 Å². The van der Waals surface area contributed by atoms with Crippen LogP contribution in [0.2, 0.25) is 5.02 Å². The molecule has 2 aromatic rings. The number of rotatable bonds is 5. The first-order valence-corrected chi connectivity index (χ1v) is 9.30. The minimum atomic E-state index is -0.000441. The maximum atomic E-state index is 12.9. The third-order valence-corrected chi connectivity index (χ3v) is 5.34. The van der Waals surface area contributed by atoms with Crippen LogP contribution in [0.4, 0.5) is 0 Å². The fourth-order valence-electron chi connectivity index (χ4n) is 3.30. The quantitative estimate of drug-likeness (QED) is 0.876. The van der Waals surface area contributed by atoms with Crippen molar-refractivity contribution in [3.05, 3.63) is 64.9 Å². The van der Waals surface area contributed by atoms with Crippen LogP contribution in [-0.4, -0.2) is 53.9 Å². The van der Waals surface area contributed by atoms with Gasteiger partial charge in [-0.3, -0.25) is 14.7 Å². The minimum absolute atomic E-state index is 0.000441. The highest BCUT2D eigenvalue weighted by molar-refractivity contribution is 6.30. The largest absolute Gasteiger partial charge is 0.338 e. The lowest BCUT2D eigenvalue weighted by molar-refractivity contribution is -0.133. The van der Waals surface area contributed by atoms with E-state index in [0.717, 1.165) is 30.8 Å². The number of carbonyl (C=O) groups excluding carboxylic acids is 1. The molecule has 1 aromatic heterocycles. The summed E-state index contributed by atoms with van der Waals surface area (Å²) in [7, 11) is 1.86. The highest BCUT2D eigenvalue weighted by Crippen LogP contribution is 2.24. The van der Waals surface area contributed by atoms with Crippen LogP contribution in [0, 0.1) is 0 Å². The van der Waals surface area contributed by atoms with Crippen molar-refractivity contribution < 1.29 is 4.79 Å². The molecular weight excluding hydrogens is 348 g/mol. The molecule has 1 N–H and O–H groups in total. The van der Waals surface area contributed by atoms with Gasteiger partial charge in [0.1, 0.15) is 0 Å². The van der Waals surface area contributed by atoms with Gasteiger partial charge in [-0.05, 0) is 36.2 Å². The van der Waals surface area contributed by atoms with Gasteiger partial charge in [0.15, 0.2) is 0 Å². The molecule has 3 rings (SSSR count). The van der Waals surface area contributed by atoms with E-state index in [1.165, 1.54) is 0 Å². The summed E-state index contributed by atoms with van der Waals surface area (Å²) >= 11 is 5.96. The molecule has 1 aliphatic heterocycles. The van der Waals surface area contributed by atoms with Gasteiger partial charge in [0.2, 0.25) is 5.91 Å². The van der Waals surface area contributed by atoms with E-state index in [4.69, 9.17) is 11.6 Å². The van der Waals surface area contributed by atoms with Gasteiger partial charge in [-0.2, -0.15) is 0 Å². The van der Waals surface area contributed by atoms with Crippen LogP contribution in [0.25, 0.3) is 0 Å². The third kappa shape index (κ3) is 4.41. The fourth-order valence-corrected chi connectivity index (χ4v) is 3.43. The first kappa shape index (κ1) is 18.8. The van der Waals surface area contributed by atoms with E-state index < -0.39 is 0 Å². The predicted octanol–water partition coefficient (Wildman–Crippen LogP) is 2.90. The second-order valence-corrected chi connectivity index (χ2v) is 7.15. The molecule has 2 atom stereocenters. The predicted molar refractivity (Wildman–Crippen MR) is 104 cm³/mol. The Morgan fingerprint density at radius 3 is 2.85 bits per heavy atom. The molecule has 1 fully saturated rings. The Morgan fingerprint density at radius 1 is 1.38 bits per heavy atom. The summed E-state index contributed by atoms with van der Waals surface area (Å²) in [5.41, 5.74) is 2.22. The lowest BCUT2D eigenvalue weighted by atomic mass is 10.0. The van der Waals surface area contributed by atoms with Crippen molar-refractivity contribution in [3.8, 4) is 0 Å². The first-order valence-electron chi connectivity index (χ1n) is 8.92. The Morgan fingerprint density at radius 2 is 2.15 bits per heavy atom. The summed E-state index contributed by atoms with van der Waals surface area (Å²) < 4.78 is 0. The molecule has 6 heteroatoms. The van der Waals surface area contributed by atoms with Crippen molar-refractivity contribution >= 4 is 17.5 Å². The number of benzene rings is 1. The van der Waals surface area contributed by atoms with Gasteiger partial charge in [0, 0.05) is 50.1 Å². The fraction of sp³-hybridized carbons (Fsp3) is 0.400. The summed E-state index contributed by atoms with van der Waals surface area (Å²) in [5.74, 6) is 0.114. The molecule has 2 heterocycles. The van der Waals surface area contributed by atoms with Gasteiger partial charge in [-0.15, -0.1) is 0 Å². The molecule has 0 bridgehead atoms. The van der Waals surface area contributed by atoms with Crippen molar-refractivity contribution in [1.29, 1.82) is 0 Å². The van der Waals surface area contributed by atoms with Crippen LogP contribution in [0.1, 0.15) is 30.1 Å². The third-order valence-electron chi connectivity index (χ3n) is 5.09. The second-order valence-electron chi connectivity index (χ2n) is 6.71. The molecule has 138 valence electrons. The maximum absolute atomic E-state index is 12.9. The Bertz CT molecular complexity index is 722. The van der Waals surface area contributed by atoms with Gasteiger partial charge < -0.3 is 10.2 Å². The van der Waals surface area contributed by atoms with Crippen molar-refractivity contribution in [2.75, 3.05) is 33.2 Å². The van der Waals surface area contributed by atoms with E-state index in [2.05, 4.69) is 21.3 Å². The Balaban J connectivity index is 1.68.